The highest BCUT2D eigenvalue weighted by Crippen LogP contribution is 2.40. The molecule has 3 atom stereocenters. The van der Waals surface area contributed by atoms with Crippen LogP contribution in [0.25, 0.3) is 0 Å². The largest absolute Gasteiger partial charge is 0.391 e. The lowest BCUT2D eigenvalue weighted by Crippen LogP contribution is -2.50. The molecule has 0 spiro atoms. The van der Waals surface area contributed by atoms with E-state index in [0.29, 0.717) is 25.5 Å². The van der Waals surface area contributed by atoms with E-state index in [-0.39, 0.29) is 24.8 Å². The van der Waals surface area contributed by atoms with Crippen molar-refractivity contribution in [3.63, 3.8) is 0 Å². The van der Waals surface area contributed by atoms with Gasteiger partial charge in [0.25, 0.3) is 0 Å². The predicted molar refractivity (Wildman–Crippen MR) is 133 cm³/mol. The van der Waals surface area contributed by atoms with Crippen molar-refractivity contribution in [1.82, 2.24) is 25.2 Å². The molecule has 3 aliphatic rings. The van der Waals surface area contributed by atoms with E-state index in [1.54, 1.807) is 4.68 Å². The number of nitrogens with zero attached hydrogens (tertiary/aromatic N) is 4. The molecule has 1 saturated heterocycles. The highest BCUT2D eigenvalue weighted by Gasteiger charge is 2.45. The number of ether oxygens (including phenoxy) is 1. The predicted octanol–water partition coefficient (Wildman–Crippen LogP) is 2.14. The number of rotatable bonds is 7. The second-order valence-corrected chi connectivity index (χ2v) is 11.5. The summed E-state index contributed by atoms with van der Waals surface area (Å²) in [4.78, 5) is 28.5. The molecule has 1 saturated carbocycles. The van der Waals surface area contributed by atoms with E-state index in [0.717, 1.165) is 37.1 Å². The van der Waals surface area contributed by atoms with Crippen molar-refractivity contribution in [2.45, 2.75) is 83.6 Å². The number of carbonyl (C=O) groups is 2. The van der Waals surface area contributed by atoms with Gasteiger partial charge in [0, 0.05) is 31.6 Å². The monoisotopic (exact) mass is 495 g/mol. The van der Waals surface area contributed by atoms with Crippen LogP contribution in [0, 0.1) is 5.41 Å². The molecule has 0 bridgehead atoms. The van der Waals surface area contributed by atoms with Crippen molar-refractivity contribution in [3.8, 4) is 0 Å². The number of carbonyl (C=O) groups excluding carboxylic acids is 2. The van der Waals surface area contributed by atoms with Gasteiger partial charge in [-0.25, -0.2) is 4.68 Å². The average Bonchev–Trinajstić information content (AvgIpc) is 3.45. The van der Waals surface area contributed by atoms with Gasteiger partial charge in [-0.1, -0.05) is 44.2 Å². The van der Waals surface area contributed by atoms with E-state index in [9.17, 15) is 14.7 Å². The van der Waals surface area contributed by atoms with Crippen molar-refractivity contribution in [1.29, 1.82) is 0 Å². The number of nitrogens with one attached hydrogen (secondary N) is 1. The molecule has 1 aromatic heterocycles. The van der Waals surface area contributed by atoms with Gasteiger partial charge in [0.05, 0.1) is 25.0 Å². The van der Waals surface area contributed by atoms with Crippen LogP contribution >= 0.6 is 0 Å². The van der Waals surface area contributed by atoms with Gasteiger partial charge in [-0.3, -0.25) is 9.59 Å². The zero-order valence-corrected chi connectivity index (χ0v) is 21.4. The molecule has 5 rings (SSSR count). The number of likely N-dealkylation sites (tertiary alicyclic amines) is 1. The zero-order chi connectivity index (χ0) is 25.4. The smallest absolute Gasteiger partial charge is 0.248 e. The van der Waals surface area contributed by atoms with E-state index >= 15 is 0 Å². The van der Waals surface area contributed by atoms with Gasteiger partial charge in [-0.15, -0.1) is 5.10 Å². The van der Waals surface area contributed by atoms with Crippen LogP contribution in [-0.4, -0.2) is 68.7 Å². The number of amides is 2. The number of β-amino-alcohol motifs (C(OH)–C–C–N with tert-alkyl or cyclic N) is 1. The number of aliphatic hydroxyl groups is 1. The third-order valence-corrected chi connectivity index (χ3v) is 7.46. The van der Waals surface area contributed by atoms with Gasteiger partial charge >= 0.3 is 0 Å². The molecule has 0 radical (unpaired) electrons. The van der Waals surface area contributed by atoms with Crippen LogP contribution in [0.3, 0.4) is 0 Å². The van der Waals surface area contributed by atoms with Crippen LogP contribution in [0.5, 0.6) is 0 Å². The minimum absolute atomic E-state index is 0.137. The number of aromatic nitrogens is 3. The van der Waals surface area contributed by atoms with Crippen LogP contribution in [0.15, 0.2) is 24.4 Å². The lowest BCUT2D eigenvalue weighted by molar-refractivity contribution is -0.144. The van der Waals surface area contributed by atoms with E-state index < -0.39 is 23.6 Å². The molecule has 194 valence electrons. The molecule has 9 heteroatoms. The van der Waals surface area contributed by atoms with Gasteiger partial charge in [0.2, 0.25) is 11.8 Å². The molecule has 2 fully saturated rings. The summed E-state index contributed by atoms with van der Waals surface area (Å²) in [7, 11) is 0. The van der Waals surface area contributed by atoms with Crippen LogP contribution in [0.1, 0.15) is 74.4 Å². The maximum absolute atomic E-state index is 13.8. The van der Waals surface area contributed by atoms with Crippen molar-refractivity contribution < 1.29 is 19.4 Å². The molecule has 1 aliphatic carbocycles. The third-order valence-electron chi connectivity index (χ3n) is 7.46. The normalized spacial score (nSPS) is 22.8. The van der Waals surface area contributed by atoms with Crippen LogP contribution < -0.4 is 5.32 Å². The Morgan fingerprint density at radius 1 is 1.25 bits per heavy atom. The molecule has 2 aliphatic heterocycles. The molecule has 36 heavy (non-hydrogen) atoms. The number of aliphatic hydroxyl groups excluding tert-OH is 1. The average molecular weight is 496 g/mol. The van der Waals surface area contributed by atoms with Gasteiger partial charge in [-0.05, 0) is 47.8 Å². The first-order valence-corrected chi connectivity index (χ1v) is 13.1. The summed E-state index contributed by atoms with van der Waals surface area (Å²) in [6.45, 7) is 7.95. The Labute approximate surface area is 212 Å². The fraction of sp³-hybridized carbons (Fsp3) is 0.630. The Bertz CT molecular complexity index is 1120. The zero-order valence-electron chi connectivity index (χ0n) is 21.4. The van der Waals surface area contributed by atoms with Crippen molar-refractivity contribution in [2.75, 3.05) is 19.7 Å². The molecule has 1 aromatic carbocycles. The lowest BCUT2D eigenvalue weighted by Gasteiger charge is -2.34. The minimum Gasteiger partial charge on any atom is -0.391 e. The number of benzene rings is 1. The molecule has 3 heterocycles. The van der Waals surface area contributed by atoms with Crippen LogP contribution in [0.2, 0.25) is 0 Å². The van der Waals surface area contributed by atoms with E-state index in [2.05, 4.69) is 33.8 Å². The van der Waals surface area contributed by atoms with E-state index in [1.807, 2.05) is 27.0 Å². The van der Waals surface area contributed by atoms with Gasteiger partial charge in [-0.2, -0.15) is 0 Å². The first-order valence-electron chi connectivity index (χ1n) is 13.1. The Kier molecular flexibility index (Phi) is 6.87. The summed E-state index contributed by atoms with van der Waals surface area (Å²) in [5, 5.41) is 22.0. The number of hydrogen-bond acceptors (Lipinski definition) is 6. The maximum Gasteiger partial charge on any atom is 0.248 e. The molecular weight excluding hydrogens is 458 g/mol. The first-order chi connectivity index (χ1) is 17.2. The maximum atomic E-state index is 13.8. The molecule has 2 amide bonds. The standard InChI is InChI=1S/C27H37N5O4/c1-27(2,3)24(32-15-22(29-30-32)19-6-7-19)26(35)31-14-21(33)13-23(31)25(34)28-10-8-17-4-5-18-9-11-36-16-20(18)12-17/h4-5,12,15,19,21,23-24,33H,6-11,13-14,16H2,1-3H3,(H,28,34)/t21?,23?,24-/m1/s1. The summed E-state index contributed by atoms with van der Waals surface area (Å²) < 4.78 is 7.20. The van der Waals surface area contributed by atoms with E-state index in [4.69, 9.17) is 4.74 Å². The minimum atomic E-state index is -0.733. The van der Waals surface area contributed by atoms with E-state index in [1.165, 1.54) is 16.0 Å². The summed E-state index contributed by atoms with van der Waals surface area (Å²) in [5.74, 6) is -0.00325. The van der Waals surface area contributed by atoms with Gasteiger partial charge < -0.3 is 20.1 Å². The summed E-state index contributed by atoms with van der Waals surface area (Å²) in [5.41, 5.74) is 4.15. The molecule has 2 unspecified atom stereocenters. The van der Waals surface area contributed by atoms with Gasteiger partial charge in [0.1, 0.15) is 12.1 Å². The topological polar surface area (TPSA) is 110 Å². The number of fused-ring (bicyclic) bond motifs is 1. The van der Waals surface area contributed by atoms with Crippen LogP contribution in [-0.2, 0) is 33.8 Å². The Balaban J connectivity index is 1.25. The second-order valence-electron chi connectivity index (χ2n) is 11.5. The Hall–Kier alpha value is -2.78. The quantitative estimate of drug-likeness (QED) is 0.609. The fourth-order valence-corrected chi connectivity index (χ4v) is 5.35. The first kappa shape index (κ1) is 24.9. The number of hydrogen-bond donors (Lipinski definition) is 2. The summed E-state index contributed by atoms with van der Waals surface area (Å²) in [6.07, 6.45) is 5.21. The SMILES string of the molecule is CC(C)(C)[C@@H](C(=O)N1CC(O)CC1C(=O)NCCc1ccc2c(c1)COCC2)n1cc(C2CC2)nn1. The highest BCUT2D eigenvalue weighted by molar-refractivity contribution is 5.90. The third kappa shape index (κ3) is 5.32. The molecule has 9 nitrogen and oxygen atoms in total. The van der Waals surface area contributed by atoms with Gasteiger partial charge in [0.15, 0.2) is 0 Å². The van der Waals surface area contributed by atoms with Crippen molar-refractivity contribution >= 4 is 11.8 Å². The van der Waals surface area contributed by atoms with Crippen molar-refractivity contribution in [2.24, 2.45) is 5.41 Å². The molecule has 2 aromatic rings. The Morgan fingerprint density at radius 2 is 2.06 bits per heavy atom. The Morgan fingerprint density at radius 3 is 2.81 bits per heavy atom. The molecular formula is C27H37N5O4. The van der Waals surface area contributed by atoms with Crippen LogP contribution in [0.4, 0.5) is 0 Å². The summed E-state index contributed by atoms with van der Waals surface area (Å²) in [6, 6.07) is 5.08. The second kappa shape index (κ2) is 9.94. The highest BCUT2D eigenvalue weighted by atomic mass is 16.5. The summed E-state index contributed by atoms with van der Waals surface area (Å²) >= 11 is 0. The molecule has 2 N–H and O–H groups in total. The fourth-order valence-electron chi connectivity index (χ4n) is 5.35. The lowest BCUT2D eigenvalue weighted by atomic mass is 9.85. The van der Waals surface area contributed by atoms with Crippen molar-refractivity contribution in [3.05, 3.63) is 46.8 Å².